The lowest BCUT2D eigenvalue weighted by atomic mass is 9.62. The molecule has 2 N–H and O–H groups in total. The van der Waals surface area contributed by atoms with E-state index < -0.39 is 66.5 Å². The van der Waals surface area contributed by atoms with Crippen molar-refractivity contribution in [2.24, 2.45) is 5.41 Å². The normalized spacial score (nSPS) is 32.2. The van der Waals surface area contributed by atoms with Gasteiger partial charge in [0.1, 0.15) is 36.6 Å². The Morgan fingerprint density at radius 2 is 2.00 bits per heavy atom. The standard InChI is InChI=1S/C24H25F3N2O9/c25-24(26,27)11-34-16(31)6-5-13-3-1-2-4-14(13)10-29-19-21(32)37-15-9-23(19,22(33)28-7-8-30)20(38-29)18-17(15)35-12-36-18/h1-6,15,17-20,30H,7-12H2,(H,28,33). The predicted molar refractivity (Wildman–Crippen MR) is 118 cm³/mol. The molecule has 5 rings (SSSR count). The number of nitrogens with zero attached hydrogens (tertiary/aromatic N) is 1. The number of aliphatic hydroxyl groups is 1. The van der Waals surface area contributed by atoms with Gasteiger partial charge in [0.2, 0.25) is 5.91 Å². The van der Waals surface area contributed by atoms with Crippen molar-refractivity contribution in [3.63, 3.8) is 0 Å². The molecule has 0 radical (unpaired) electrons. The van der Waals surface area contributed by atoms with Gasteiger partial charge >= 0.3 is 18.1 Å². The molecule has 3 heterocycles. The molecule has 4 aliphatic rings. The van der Waals surface area contributed by atoms with Crippen molar-refractivity contribution >= 4 is 23.9 Å². The summed E-state index contributed by atoms with van der Waals surface area (Å²) in [5.41, 5.74) is -0.378. The summed E-state index contributed by atoms with van der Waals surface area (Å²) in [6.45, 7) is -2.12. The summed E-state index contributed by atoms with van der Waals surface area (Å²) in [6.07, 6.45) is -5.27. The van der Waals surface area contributed by atoms with Gasteiger partial charge in [-0.1, -0.05) is 24.3 Å². The number of hydrogen-bond acceptors (Lipinski definition) is 10. The molecule has 1 aromatic carbocycles. The van der Waals surface area contributed by atoms with Gasteiger partial charge in [-0.3, -0.25) is 14.4 Å². The lowest BCUT2D eigenvalue weighted by molar-refractivity contribution is -0.201. The molecule has 1 saturated carbocycles. The van der Waals surface area contributed by atoms with E-state index >= 15 is 0 Å². The van der Waals surface area contributed by atoms with E-state index in [1.807, 2.05) is 0 Å². The lowest BCUT2D eigenvalue weighted by Crippen LogP contribution is -2.69. The fourth-order valence-corrected chi connectivity index (χ4v) is 5.53. The van der Waals surface area contributed by atoms with Crippen molar-refractivity contribution in [2.75, 3.05) is 26.6 Å². The molecule has 6 atom stereocenters. The van der Waals surface area contributed by atoms with Crippen LogP contribution in [0.3, 0.4) is 0 Å². The first-order valence-electron chi connectivity index (χ1n) is 11.9. The van der Waals surface area contributed by atoms with Crippen LogP contribution in [-0.4, -0.2) is 91.2 Å². The molecule has 3 aliphatic heterocycles. The zero-order valence-electron chi connectivity index (χ0n) is 19.9. The van der Waals surface area contributed by atoms with E-state index in [-0.39, 0.29) is 32.9 Å². The molecule has 1 aromatic rings. The number of halogens is 3. The largest absolute Gasteiger partial charge is 0.458 e. The molecular weight excluding hydrogens is 517 g/mol. The van der Waals surface area contributed by atoms with E-state index in [1.54, 1.807) is 24.3 Å². The van der Waals surface area contributed by atoms with E-state index in [2.05, 4.69) is 10.1 Å². The molecule has 206 valence electrons. The minimum Gasteiger partial charge on any atom is -0.458 e. The first-order valence-corrected chi connectivity index (χ1v) is 11.9. The van der Waals surface area contributed by atoms with Gasteiger partial charge in [0, 0.05) is 19.0 Å². The minimum atomic E-state index is -4.65. The average Bonchev–Trinajstić information content (AvgIpc) is 3.49. The van der Waals surface area contributed by atoms with Gasteiger partial charge in [0.05, 0.1) is 13.2 Å². The molecule has 4 fully saturated rings. The number of aliphatic hydroxyl groups excluding tert-OH is 1. The Morgan fingerprint density at radius 3 is 2.76 bits per heavy atom. The topological polar surface area (TPSA) is 133 Å². The Morgan fingerprint density at radius 1 is 1.24 bits per heavy atom. The van der Waals surface area contributed by atoms with E-state index in [0.29, 0.717) is 11.1 Å². The van der Waals surface area contributed by atoms with Gasteiger partial charge in [-0.15, -0.1) is 0 Å². The molecule has 0 aromatic heterocycles. The van der Waals surface area contributed by atoms with E-state index in [4.69, 9.17) is 19.0 Å². The number of ether oxygens (including phenoxy) is 4. The number of benzene rings is 1. The molecule has 11 nitrogen and oxygen atoms in total. The van der Waals surface area contributed by atoms with E-state index in [0.717, 1.165) is 6.08 Å². The molecule has 2 bridgehead atoms. The highest BCUT2D eigenvalue weighted by Gasteiger charge is 2.74. The number of amides is 1. The van der Waals surface area contributed by atoms with Crippen LogP contribution >= 0.6 is 0 Å². The van der Waals surface area contributed by atoms with Gasteiger partial charge < -0.3 is 29.4 Å². The van der Waals surface area contributed by atoms with Crippen LogP contribution in [0.2, 0.25) is 0 Å². The van der Waals surface area contributed by atoms with Crippen LogP contribution in [0.1, 0.15) is 17.5 Å². The Hall–Kier alpha value is -3.04. The second-order valence-corrected chi connectivity index (χ2v) is 9.34. The Bertz CT molecular complexity index is 1130. The summed E-state index contributed by atoms with van der Waals surface area (Å²) in [4.78, 5) is 44.7. The molecule has 0 spiro atoms. The third-order valence-electron chi connectivity index (χ3n) is 7.05. The SMILES string of the molecule is O=C(C=Cc1ccccc1CN1OC2C3OCOC3C3CC2(C(=O)NCCO)C1C(=O)O3)OCC(F)(F)F. The van der Waals surface area contributed by atoms with Crippen molar-refractivity contribution in [2.45, 2.75) is 49.6 Å². The number of carbonyl (C=O) groups is 3. The summed E-state index contributed by atoms with van der Waals surface area (Å²) >= 11 is 0. The Kier molecular flexibility index (Phi) is 7.17. The van der Waals surface area contributed by atoms with Gasteiger partial charge in [0.15, 0.2) is 12.6 Å². The van der Waals surface area contributed by atoms with Crippen LogP contribution in [0.25, 0.3) is 6.08 Å². The van der Waals surface area contributed by atoms with Gasteiger partial charge in [0.25, 0.3) is 0 Å². The first kappa shape index (κ1) is 26.6. The highest BCUT2D eigenvalue weighted by Crippen LogP contribution is 2.55. The molecule has 1 amide bonds. The zero-order chi connectivity index (χ0) is 27.1. The van der Waals surface area contributed by atoms with Crippen LogP contribution in [0, 0.1) is 5.41 Å². The molecular formula is C24H25F3N2O9. The maximum atomic E-state index is 13.5. The summed E-state index contributed by atoms with van der Waals surface area (Å²) in [7, 11) is 0. The number of fused-ring (bicyclic) bond motifs is 4. The third kappa shape index (κ3) is 4.78. The molecule has 38 heavy (non-hydrogen) atoms. The quantitative estimate of drug-likeness (QED) is 0.353. The van der Waals surface area contributed by atoms with Crippen molar-refractivity contribution in [3.05, 3.63) is 41.5 Å². The van der Waals surface area contributed by atoms with Crippen molar-refractivity contribution in [3.8, 4) is 0 Å². The molecule has 14 heteroatoms. The fraction of sp³-hybridized carbons (Fsp3) is 0.542. The van der Waals surface area contributed by atoms with Gasteiger partial charge in [-0.05, 0) is 17.2 Å². The summed E-state index contributed by atoms with van der Waals surface area (Å²) < 4.78 is 58.2. The predicted octanol–water partition coefficient (Wildman–Crippen LogP) is 0.455. The first-order chi connectivity index (χ1) is 18.1. The van der Waals surface area contributed by atoms with E-state index in [9.17, 15) is 32.7 Å². The average molecular weight is 542 g/mol. The number of alkyl halides is 3. The maximum Gasteiger partial charge on any atom is 0.422 e. The van der Waals surface area contributed by atoms with Crippen LogP contribution in [0.5, 0.6) is 0 Å². The number of hydroxylamine groups is 2. The smallest absolute Gasteiger partial charge is 0.422 e. The van der Waals surface area contributed by atoms with Crippen LogP contribution in [0.15, 0.2) is 30.3 Å². The third-order valence-corrected chi connectivity index (χ3v) is 7.05. The minimum absolute atomic E-state index is 0.0245. The van der Waals surface area contributed by atoms with E-state index in [1.165, 1.54) is 11.1 Å². The van der Waals surface area contributed by atoms with Gasteiger partial charge in [-0.25, -0.2) is 4.79 Å². The number of rotatable bonds is 8. The van der Waals surface area contributed by atoms with Crippen LogP contribution in [0.4, 0.5) is 13.2 Å². The monoisotopic (exact) mass is 542 g/mol. The fourth-order valence-electron chi connectivity index (χ4n) is 5.53. The lowest BCUT2D eigenvalue weighted by Gasteiger charge is -2.48. The van der Waals surface area contributed by atoms with Crippen LogP contribution < -0.4 is 5.32 Å². The molecule has 6 unspecified atom stereocenters. The highest BCUT2D eigenvalue weighted by atomic mass is 19.4. The number of hydrogen-bond donors (Lipinski definition) is 2. The summed E-state index contributed by atoms with van der Waals surface area (Å²) in [5, 5.41) is 13.2. The summed E-state index contributed by atoms with van der Waals surface area (Å²) in [5.74, 6) is -2.34. The highest BCUT2D eigenvalue weighted by molar-refractivity contribution is 5.93. The second-order valence-electron chi connectivity index (χ2n) is 9.34. The number of carbonyl (C=O) groups excluding carboxylic acids is 3. The molecule has 1 aliphatic carbocycles. The zero-order valence-corrected chi connectivity index (χ0v) is 19.9. The number of nitrogens with one attached hydrogen (secondary N) is 1. The van der Waals surface area contributed by atoms with Gasteiger partial charge in [-0.2, -0.15) is 18.2 Å². The Balaban J connectivity index is 1.42. The summed E-state index contributed by atoms with van der Waals surface area (Å²) in [6, 6.07) is 5.50. The number of esters is 2. The Labute approximate surface area is 214 Å². The molecule has 3 saturated heterocycles. The second kappa shape index (κ2) is 10.3. The van der Waals surface area contributed by atoms with Crippen molar-refractivity contribution < 1.29 is 56.4 Å². The van der Waals surface area contributed by atoms with Crippen molar-refractivity contribution in [1.82, 2.24) is 10.4 Å². The van der Waals surface area contributed by atoms with Crippen LogP contribution in [-0.2, 0) is 44.7 Å². The van der Waals surface area contributed by atoms with Crippen molar-refractivity contribution in [1.29, 1.82) is 0 Å². The maximum absolute atomic E-state index is 13.5.